The van der Waals surface area contributed by atoms with Crippen molar-refractivity contribution in [2.24, 2.45) is 0 Å². The van der Waals surface area contributed by atoms with Crippen LogP contribution in [-0.2, 0) is 0 Å². The Labute approximate surface area is 329 Å². The quantitative estimate of drug-likeness (QED) is 0.168. The number of aromatic nitrogens is 3. The van der Waals surface area contributed by atoms with E-state index in [2.05, 4.69) is 226 Å². The maximum absolute atomic E-state index is 2.46. The average Bonchev–Trinajstić information content (AvgIpc) is 3.91. The minimum absolute atomic E-state index is 1.15. The average molecular weight is 726 g/mol. The molecule has 0 fully saturated rings. The summed E-state index contributed by atoms with van der Waals surface area (Å²) in [6, 6.07) is 77.4. The van der Waals surface area contributed by atoms with Crippen LogP contribution in [0.2, 0.25) is 0 Å². The fraction of sp³-hybridized carbons (Fsp3) is 0. The minimum atomic E-state index is 1.15. The first-order valence-electron chi connectivity index (χ1n) is 19.6. The Hall–Kier alpha value is -7.62. The number of hydrogen-bond donors (Lipinski definition) is 0. The number of para-hydroxylation sites is 4. The van der Waals surface area contributed by atoms with Gasteiger partial charge in [-0.25, -0.2) is 0 Å². The number of nitrogens with zero attached hydrogens (tertiary/aromatic N) is 3. The molecule has 0 bridgehead atoms. The van der Waals surface area contributed by atoms with Crippen LogP contribution < -0.4 is 0 Å². The summed E-state index contributed by atoms with van der Waals surface area (Å²) in [6.07, 6.45) is 0. The van der Waals surface area contributed by atoms with Crippen molar-refractivity contribution in [1.29, 1.82) is 0 Å². The molecule has 12 aromatic rings. The van der Waals surface area contributed by atoms with Crippen molar-refractivity contribution in [3.63, 3.8) is 0 Å². The molecule has 0 atom stereocenters. The second kappa shape index (κ2) is 12.5. The van der Waals surface area contributed by atoms with Gasteiger partial charge < -0.3 is 13.7 Å². The molecule has 0 saturated carbocycles. The van der Waals surface area contributed by atoms with E-state index in [0.717, 1.165) is 11.4 Å². The van der Waals surface area contributed by atoms with Gasteiger partial charge in [0.1, 0.15) is 0 Å². The standard InChI is InChI=1S/C54H35N3/c1-3-14-36(15-4-1)37-26-28-38(29-27-37)39-16-13-19-41(32-39)56-50-24-11-8-21-44(50)47-35-54-48(34-53(47)56)45-22-9-12-25-51(45)57(54)42-30-31-52-46(33-42)43-20-7-10-23-49(43)55(52)40-17-5-2-6-18-40/h1-35H. The molecule has 57 heavy (non-hydrogen) atoms. The lowest BCUT2D eigenvalue weighted by Crippen LogP contribution is -1.96. The van der Waals surface area contributed by atoms with E-state index in [9.17, 15) is 0 Å². The van der Waals surface area contributed by atoms with Gasteiger partial charge in [0, 0.05) is 49.4 Å². The lowest BCUT2D eigenvalue weighted by molar-refractivity contribution is 1.16. The molecule has 0 aliphatic carbocycles. The Balaban J connectivity index is 1.06. The first-order chi connectivity index (χ1) is 28.3. The fourth-order valence-corrected chi connectivity index (χ4v) is 9.25. The number of fused-ring (bicyclic) bond motifs is 9. The molecule has 0 unspecified atom stereocenters. The molecule has 0 N–H and O–H groups in total. The highest BCUT2D eigenvalue weighted by atomic mass is 15.0. The largest absolute Gasteiger partial charge is 0.309 e. The molecule has 9 aromatic carbocycles. The lowest BCUT2D eigenvalue weighted by Gasteiger charge is -2.12. The Kier molecular flexibility index (Phi) is 6.93. The predicted octanol–water partition coefficient (Wildman–Crippen LogP) is 14.3. The van der Waals surface area contributed by atoms with E-state index in [-0.39, 0.29) is 0 Å². The Morgan fingerprint density at radius 1 is 0.193 bits per heavy atom. The first-order valence-corrected chi connectivity index (χ1v) is 19.6. The molecule has 0 aliphatic heterocycles. The maximum atomic E-state index is 2.46. The van der Waals surface area contributed by atoms with Gasteiger partial charge in [0.2, 0.25) is 0 Å². The van der Waals surface area contributed by atoms with Gasteiger partial charge in [-0.15, -0.1) is 0 Å². The number of benzene rings is 9. The van der Waals surface area contributed by atoms with Crippen LogP contribution in [0.5, 0.6) is 0 Å². The van der Waals surface area contributed by atoms with E-state index in [1.54, 1.807) is 0 Å². The van der Waals surface area contributed by atoms with Crippen LogP contribution in [0.25, 0.3) is 105 Å². The van der Waals surface area contributed by atoms with Crippen molar-refractivity contribution in [3.8, 4) is 39.3 Å². The van der Waals surface area contributed by atoms with E-state index >= 15 is 0 Å². The van der Waals surface area contributed by atoms with E-state index in [1.807, 2.05) is 0 Å². The highest BCUT2D eigenvalue weighted by Gasteiger charge is 2.20. The normalized spacial score (nSPS) is 11.9. The van der Waals surface area contributed by atoms with Crippen molar-refractivity contribution < 1.29 is 0 Å². The van der Waals surface area contributed by atoms with Gasteiger partial charge in [-0.05, 0) is 95.1 Å². The van der Waals surface area contributed by atoms with Crippen LogP contribution >= 0.6 is 0 Å². The van der Waals surface area contributed by atoms with Crippen LogP contribution in [0.15, 0.2) is 212 Å². The Morgan fingerprint density at radius 3 is 1.16 bits per heavy atom. The number of rotatable bonds is 5. The first kappa shape index (κ1) is 31.7. The second-order valence-electron chi connectivity index (χ2n) is 15.0. The summed E-state index contributed by atoms with van der Waals surface area (Å²) in [5.74, 6) is 0. The molecule has 0 aliphatic rings. The van der Waals surface area contributed by atoms with Gasteiger partial charge in [-0.1, -0.05) is 140 Å². The topological polar surface area (TPSA) is 14.8 Å². The zero-order valence-electron chi connectivity index (χ0n) is 31.0. The third-order valence-electron chi connectivity index (χ3n) is 11.8. The summed E-state index contributed by atoms with van der Waals surface area (Å²) in [4.78, 5) is 0. The highest BCUT2D eigenvalue weighted by Crippen LogP contribution is 2.41. The van der Waals surface area contributed by atoms with Gasteiger partial charge in [-0.3, -0.25) is 0 Å². The molecule has 3 aromatic heterocycles. The van der Waals surface area contributed by atoms with Gasteiger partial charge in [0.25, 0.3) is 0 Å². The molecule has 3 nitrogen and oxygen atoms in total. The molecule has 0 radical (unpaired) electrons. The molecular weight excluding hydrogens is 691 g/mol. The van der Waals surface area contributed by atoms with Crippen molar-refractivity contribution in [1.82, 2.24) is 13.7 Å². The molecule has 12 rings (SSSR count). The molecular formula is C54H35N3. The Bertz CT molecular complexity index is 3490. The third kappa shape index (κ3) is 4.86. The zero-order valence-corrected chi connectivity index (χ0v) is 31.0. The maximum Gasteiger partial charge on any atom is 0.0548 e. The summed E-state index contributed by atoms with van der Waals surface area (Å²) in [7, 11) is 0. The van der Waals surface area contributed by atoms with Gasteiger partial charge in [0.15, 0.2) is 0 Å². The SMILES string of the molecule is c1ccc(-c2ccc(-c3cccc(-n4c5ccccc5c5cc6c(cc54)c4ccccc4n6-c4ccc5c(c4)c4ccccc4n5-c4ccccc4)c3)cc2)cc1. The summed E-state index contributed by atoms with van der Waals surface area (Å²) in [6.45, 7) is 0. The monoisotopic (exact) mass is 725 g/mol. The second-order valence-corrected chi connectivity index (χ2v) is 15.0. The molecule has 3 heterocycles. The van der Waals surface area contributed by atoms with E-state index in [1.165, 1.54) is 93.4 Å². The van der Waals surface area contributed by atoms with Crippen molar-refractivity contribution >= 4 is 65.4 Å². The zero-order chi connectivity index (χ0) is 37.5. The number of hydrogen-bond acceptors (Lipinski definition) is 0. The summed E-state index contributed by atoms with van der Waals surface area (Å²) < 4.78 is 7.29. The van der Waals surface area contributed by atoms with Gasteiger partial charge in [0.05, 0.1) is 33.1 Å². The van der Waals surface area contributed by atoms with Gasteiger partial charge >= 0.3 is 0 Å². The van der Waals surface area contributed by atoms with E-state index < -0.39 is 0 Å². The molecule has 0 saturated heterocycles. The molecule has 0 spiro atoms. The smallest absolute Gasteiger partial charge is 0.0548 e. The van der Waals surface area contributed by atoms with Crippen molar-refractivity contribution in [3.05, 3.63) is 212 Å². The summed E-state index contributed by atoms with van der Waals surface area (Å²) >= 11 is 0. The molecule has 266 valence electrons. The molecule has 3 heteroatoms. The minimum Gasteiger partial charge on any atom is -0.309 e. The molecule has 0 amide bonds. The lowest BCUT2D eigenvalue weighted by atomic mass is 10.00. The van der Waals surface area contributed by atoms with E-state index in [4.69, 9.17) is 0 Å². The van der Waals surface area contributed by atoms with E-state index in [0.29, 0.717) is 0 Å². The summed E-state index contributed by atoms with van der Waals surface area (Å²) in [5.41, 5.74) is 15.5. The van der Waals surface area contributed by atoms with Crippen LogP contribution in [0, 0.1) is 0 Å². The Morgan fingerprint density at radius 2 is 0.579 bits per heavy atom. The van der Waals surface area contributed by atoms with Crippen LogP contribution in [0.1, 0.15) is 0 Å². The van der Waals surface area contributed by atoms with Crippen molar-refractivity contribution in [2.75, 3.05) is 0 Å². The van der Waals surface area contributed by atoms with Crippen molar-refractivity contribution in [2.45, 2.75) is 0 Å². The predicted molar refractivity (Wildman–Crippen MR) is 240 cm³/mol. The van der Waals surface area contributed by atoms with Gasteiger partial charge in [-0.2, -0.15) is 0 Å². The van der Waals surface area contributed by atoms with Crippen LogP contribution in [0.4, 0.5) is 0 Å². The fourth-order valence-electron chi connectivity index (χ4n) is 9.25. The van der Waals surface area contributed by atoms with Crippen LogP contribution in [0.3, 0.4) is 0 Å². The summed E-state index contributed by atoms with van der Waals surface area (Å²) in [5, 5.41) is 7.45. The van der Waals surface area contributed by atoms with Crippen LogP contribution in [-0.4, -0.2) is 13.7 Å². The highest BCUT2D eigenvalue weighted by molar-refractivity contribution is 6.19. The third-order valence-corrected chi connectivity index (χ3v) is 11.8.